The lowest BCUT2D eigenvalue weighted by Gasteiger charge is -2.29. The zero-order valence-electron chi connectivity index (χ0n) is 13.9. The first-order chi connectivity index (χ1) is 10.4. The molecule has 0 bridgehead atoms. The molecule has 0 saturated carbocycles. The van der Waals surface area contributed by atoms with Gasteiger partial charge in [-0.2, -0.15) is 0 Å². The zero-order chi connectivity index (χ0) is 16.3. The van der Waals surface area contributed by atoms with Gasteiger partial charge in [-0.1, -0.05) is 26.0 Å². The molecule has 1 aromatic rings. The third kappa shape index (κ3) is 4.85. The van der Waals surface area contributed by atoms with E-state index in [1.165, 1.54) is 0 Å². The number of likely N-dealkylation sites (tertiary alicyclic amines) is 1. The third-order valence-corrected chi connectivity index (χ3v) is 4.87. The van der Waals surface area contributed by atoms with E-state index in [1.54, 1.807) is 0 Å². The van der Waals surface area contributed by atoms with E-state index < -0.39 is 6.10 Å². The average molecular weight is 406 g/mol. The van der Waals surface area contributed by atoms with Crippen molar-refractivity contribution in [3.63, 3.8) is 0 Å². The van der Waals surface area contributed by atoms with E-state index in [1.807, 2.05) is 43.0 Å². The van der Waals surface area contributed by atoms with E-state index in [0.717, 1.165) is 17.4 Å². The van der Waals surface area contributed by atoms with Crippen molar-refractivity contribution in [1.82, 2.24) is 4.90 Å². The molecule has 1 fully saturated rings. The highest BCUT2D eigenvalue weighted by Crippen LogP contribution is 2.29. The topological polar surface area (TPSA) is 55.6 Å². The van der Waals surface area contributed by atoms with Gasteiger partial charge in [0, 0.05) is 12.6 Å². The van der Waals surface area contributed by atoms with Crippen LogP contribution in [-0.2, 0) is 4.79 Å². The van der Waals surface area contributed by atoms with Gasteiger partial charge in [-0.25, -0.2) is 0 Å². The monoisotopic (exact) mass is 404 g/mol. The molecule has 1 aliphatic rings. The summed E-state index contributed by atoms with van der Waals surface area (Å²) in [5.74, 6) is 1.27. The Kier molecular flexibility index (Phi) is 7.84. The second-order valence-corrected chi connectivity index (χ2v) is 7.24. The summed E-state index contributed by atoms with van der Waals surface area (Å²) in [6, 6.07) is 7.86. The van der Waals surface area contributed by atoms with E-state index in [4.69, 9.17) is 10.5 Å². The summed E-state index contributed by atoms with van der Waals surface area (Å²) < 4.78 is 6.89. The van der Waals surface area contributed by atoms with Crippen LogP contribution in [0.4, 0.5) is 0 Å². The van der Waals surface area contributed by atoms with Gasteiger partial charge in [0.1, 0.15) is 5.75 Å². The molecule has 6 heteroatoms. The summed E-state index contributed by atoms with van der Waals surface area (Å²) in [6.45, 7) is 7.48. The summed E-state index contributed by atoms with van der Waals surface area (Å²) >= 11 is 3.47. The molecule has 130 valence electrons. The predicted octanol–water partition coefficient (Wildman–Crippen LogP) is 3.47. The molecule has 23 heavy (non-hydrogen) atoms. The van der Waals surface area contributed by atoms with Crippen molar-refractivity contribution in [1.29, 1.82) is 0 Å². The van der Waals surface area contributed by atoms with Crippen molar-refractivity contribution in [3.8, 4) is 5.75 Å². The number of carbonyl (C=O) groups is 1. The number of halogens is 2. The van der Waals surface area contributed by atoms with Crippen LogP contribution in [0.5, 0.6) is 5.75 Å². The smallest absolute Gasteiger partial charge is 0.264 e. The molecule has 3 atom stereocenters. The number of hydrogen-bond donors (Lipinski definition) is 1. The highest BCUT2D eigenvalue weighted by atomic mass is 79.9. The minimum absolute atomic E-state index is 0. The maximum Gasteiger partial charge on any atom is 0.264 e. The van der Waals surface area contributed by atoms with Crippen molar-refractivity contribution in [2.24, 2.45) is 17.6 Å². The van der Waals surface area contributed by atoms with Gasteiger partial charge < -0.3 is 15.4 Å². The summed E-state index contributed by atoms with van der Waals surface area (Å²) in [5.41, 5.74) is 5.76. The standard InChI is InChI=1S/C17H25BrN2O2.ClH/c1-11(2)16(22-15-7-5-4-6-14(15)18)17(21)20-10-13(9-19)8-12(20)3;/h4-7,11-13,16H,8-10,19H2,1-3H3;1H. The van der Waals surface area contributed by atoms with Crippen LogP contribution in [0.3, 0.4) is 0 Å². The molecular weight excluding hydrogens is 380 g/mol. The molecule has 1 amide bonds. The lowest BCUT2D eigenvalue weighted by Crippen LogP contribution is -2.46. The molecule has 0 radical (unpaired) electrons. The van der Waals surface area contributed by atoms with Gasteiger partial charge in [0.15, 0.2) is 6.10 Å². The van der Waals surface area contributed by atoms with Crippen molar-refractivity contribution < 1.29 is 9.53 Å². The number of benzene rings is 1. The number of nitrogens with zero attached hydrogens (tertiary/aromatic N) is 1. The number of para-hydroxylation sites is 1. The molecule has 0 aromatic heterocycles. The van der Waals surface area contributed by atoms with E-state index >= 15 is 0 Å². The SMILES string of the molecule is CC(C)C(Oc1ccccc1Br)C(=O)N1CC(CN)CC1C.Cl. The molecule has 4 nitrogen and oxygen atoms in total. The Bertz CT molecular complexity index is 527. The first-order valence-electron chi connectivity index (χ1n) is 7.85. The van der Waals surface area contributed by atoms with Gasteiger partial charge in [0.2, 0.25) is 0 Å². The van der Waals surface area contributed by atoms with Gasteiger partial charge in [-0.15, -0.1) is 12.4 Å². The highest BCUT2D eigenvalue weighted by molar-refractivity contribution is 9.10. The van der Waals surface area contributed by atoms with Crippen molar-refractivity contribution in [3.05, 3.63) is 28.7 Å². The van der Waals surface area contributed by atoms with Gasteiger partial charge in [0.05, 0.1) is 4.47 Å². The number of nitrogens with two attached hydrogens (primary N) is 1. The minimum atomic E-state index is -0.474. The largest absolute Gasteiger partial charge is 0.479 e. The van der Waals surface area contributed by atoms with Crippen LogP contribution in [0, 0.1) is 11.8 Å². The Morgan fingerprint density at radius 2 is 2.09 bits per heavy atom. The number of carbonyl (C=O) groups excluding carboxylic acids is 1. The fourth-order valence-electron chi connectivity index (χ4n) is 2.93. The molecule has 1 saturated heterocycles. The first-order valence-corrected chi connectivity index (χ1v) is 8.65. The average Bonchev–Trinajstić information content (AvgIpc) is 2.86. The number of amides is 1. The number of rotatable bonds is 5. The molecule has 1 heterocycles. The second-order valence-electron chi connectivity index (χ2n) is 6.39. The summed E-state index contributed by atoms with van der Waals surface area (Å²) in [5, 5.41) is 0. The Balaban J connectivity index is 0.00000264. The predicted molar refractivity (Wildman–Crippen MR) is 99.0 cm³/mol. The maximum absolute atomic E-state index is 12.9. The Labute approximate surface area is 153 Å². The molecule has 0 aliphatic carbocycles. The third-order valence-electron chi connectivity index (χ3n) is 4.22. The normalized spacial score (nSPS) is 21.9. The minimum Gasteiger partial charge on any atom is -0.479 e. The molecular formula is C17H26BrClN2O2. The van der Waals surface area contributed by atoms with Gasteiger partial charge in [-0.3, -0.25) is 4.79 Å². The molecule has 2 N–H and O–H groups in total. The Morgan fingerprint density at radius 1 is 1.43 bits per heavy atom. The van der Waals surface area contributed by atoms with Gasteiger partial charge in [-0.05, 0) is 59.8 Å². The summed E-state index contributed by atoms with van der Waals surface area (Å²) in [6.07, 6.45) is 0.500. The number of ether oxygens (including phenoxy) is 1. The van der Waals surface area contributed by atoms with Crippen molar-refractivity contribution >= 4 is 34.2 Å². The van der Waals surface area contributed by atoms with Crippen LogP contribution in [0.25, 0.3) is 0 Å². The zero-order valence-corrected chi connectivity index (χ0v) is 16.3. The fourth-order valence-corrected chi connectivity index (χ4v) is 3.31. The van der Waals surface area contributed by atoms with Gasteiger partial charge in [0.25, 0.3) is 5.91 Å². The fraction of sp³-hybridized carbons (Fsp3) is 0.588. The molecule has 3 unspecified atom stereocenters. The molecule has 1 aliphatic heterocycles. The maximum atomic E-state index is 12.9. The lowest BCUT2D eigenvalue weighted by molar-refractivity contribution is -0.141. The Hall–Kier alpha value is -0.780. The van der Waals surface area contributed by atoms with E-state index in [-0.39, 0.29) is 30.3 Å². The van der Waals surface area contributed by atoms with Crippen LogP contribution in [0.2, 0.25) is 0 Å². The van der Waals surface area contributed by atoms with Crippen molar-refractivity contribution in [2.75, 3.05) is 13.1 Å². The summed E-state index contributed by atoms with van der Waals surface area (Å²) in [7, 11) is 0. The van der Waals surface area contributed by atoms with E-state index in [9.17, 15) is 4.79 Å². The van der Waals surface area contributed by atoms with Crippen LogP contribution in [0.1, 0.15) is 27.2 Å². The highest BCUT2D eigenvalue weighted by Gasteiger charge is 2.37. The van der Waals surface area contributed by atoms with E-state index in [0.29, 0.717) is 18.2 Å². The van der Waals surface area contributed by atoms with Crippen LogP contribution in [-0.4, -0.2) is 36.0 Å². The first kappa shape index (κ1) is 20.3. The summed E-state index contributed by atoms with van der Waals surface area (Å²) in [4.78, 5) is 14.8. The lowest BCUT2D eigenvalue weighted by atomic mass is 10.1. The second kappa shape index (κ2) is 8.90. The van der Waals surface area contributed by atoms with Crippen LogP contribution < -0.4 is 10.5 Å². The van der Waals surface area contributed by atoms with Crippen LogP contribution in [0.15, 0.2) is 28.7 Å². The van der Waals surface area contributed by atoms with Crippen molar-refractivity contribution in [2.45, 2.75) is 39.3 Å². The molecule has 1 aromatic carbocycles. The molecule has 0 spiro atoms. The quantitative estimate of drug-likeness (QED) is 0.816. The van der Waals surface area contributed by atoms with E-state index in [2.05, 4.69) is 22.9 Å². The van der Waals surface area contributed by atoms with Crippen LogP contribution >= 0.6 is 28.3 Å². The molecule has 2 rings (SSSR count). The Morgan fingerprint density at radius 3 is 2.61 bits per heavy atom. The van der Waals surface area contributed by atoms with Gasteiger partial charge >= 0.3 is 0 Å². The number of hydrogen-bond acceptors (Lipinski definition) is 3.